The van der Waals surface area contributed by atoms with E-state index in [9.17, 15) is 0 Å². The number of thiophene rings is 1. The van der Waals surface area contributed by atoms with Crippen LogP contribution in [-0.4, -0.2) is 0 Å². The molecule has 1 aromatic heterocycles. The highest BCUT2D eigenvalue weighted by molar-refractivity contribution is 7.10. The molecule has 1 aromatic rings. The summed E-state index contributed by atoms with van der Waals surface area (Å²) in [5.41, 5.74) is 0. The highest BCUT2D eigenvalue weighted by atomic mass is 32.1. The van der Waals surface area contributed by atoms with E-state index in [0.717, 1.165) is 4.88 Å². The Balaban J connectivity index is 2.45. The summed E-state index contributed by atoms with van der Waals surface area (Å²) < 4.78 is 0. The van der Waals surface area contributed by atoms with Crippen molar-refractivity contribution in [3.63, 3.8) is 0 Å². The van der Waals surface area contributed by atoms with Gasteiger partial charge < -0.3 is 0 Å². The van der Waals surface area contributed by atoms with Crippen molar-refractivity contribution in [3.8, 4) is 11.8 Å². The summed E-state index contributed by atoms with van der Waals surface area (Å²) in [4.78, 5) is 1.09. The van der Waals surface area contributed by atoms with E-state index in [-0.39, 0.29) is 0 Å². The summed E-state index contributed by atoms with van der Waals surface area (Å²) in [6.07, 6.45) is 9.21. The first-order valence-corrected chi connectivity index (χ1v) is 4.81. The standard InChI is InChI=1S/C12H10S/c1-2-3-4-5-6-7-9-12-10-8-11-13-12/h2-6,8,10-11H,1H2/b4-3+,6-5+. The van der Waals surface area contributed by atoms with Gasteiger partial charge in [0.15, 0.2) is 0 Å². The van der Waals surface area contributed by atoms with Crippen LogP contribution < -0.4 is 0 Å². The molecule has 0 unspecified atom stereocenters. The van der Waals surface area contributed by atoms with E-state index < -0.39 is 0 Å². The van der Waals surface area contributed by atoms with Gasteiger partial charge in [-0.3, -0.25) is 0 Å². The summed E-state index contributed by atoms with van der Waals surface area (Å²) in [6.45, 7) is 3.56. The molecule has 0 aromatic carbocycles. The van der Waals surface area contributed by atoms with Crippen LogP contribution in [0.3, 0.4) is 0 Å². The Hall–Kier alpha value is -1.52. The van der Waals surface area contributed by atoms with Crippen LogP contribution in [-0.2, 0) is 0 Å². The van der Waals surface area contributed by atoms with Crippen molar-refractivity contribution < 1.29 is 0 Å². The molecule has 0 aliphatic carbocycles. The van der Waals surface area contributed by atoms with Crippen LogP contribution in [0, 0.1) is 11.8 Å². The van der Waals surface area contributed by atoms with Crippen LogP contribution in [0.5, 0.6) is 0 Å². The van der Waals surface area contributed by atoms with E-state index in [2.05, 4.69) is 18.4 Å². The van der Waals surface area contributed by atoms with Gasteiger partial charge >= 0.3 is 0 Å². The number of rotatable bonds is 2. The van der Waals surface area contributed by atoms with Crippen molar-refractivity contribution in [1.29, 1.82) is 0 Å². The van der Waals surface area contributed by atoms with Gasteiger partial charge in [-0.1, -0.05) is 48.8 Å². The van der Waals surface area contributed by atoms with Crippen molar-refractivity contribution in [2.24, 2.45) is 0 Å². The maximum atomic E-state index is 3.56. The average molecular weight is 186 g/mol. The minimum absolute atomic E-state index is 1.09. The lowest BCUT2D eigenvalue weighted by Crippen LogP contribution is -1.57. The zero-order valence-electron chi connectivity index (χ0n) is 7.23. The van der Waals surface area contributed by atoms with Crippen molar-refractivity contribution in [1.82, 2.24) is 0 Å². The summed E-state index contributed by atoms with van der Waals surface area (Å²) >= 11 is 1.65. The molecule has 0 amide bonds. The fraction of sp³-hybridized carbons (Fsp3) is 0. The predicted molar refractivity (Wildman–Crippen MR) is 59.7 cm³/mol. The van der Waals surface area contributed by atoms with Crippen LogP contribution in [0.15, 0.2) is 54.5 Å². The maximum Gasteiger partial charge on any atom is 0.0771 e. The Labute approximate surface area is 82.9 Å². The third kappa shape index (κ3) is 4.15. The first-order valence-electron chi connectivity index (χ1n) is 3.93. The van der Waals surface area contributed by atoms with Gasteiger partial charge in [0, 0.05) is 0 Å². The normalized spacial score (nSPS) is 10.2. The van der Waals surface area contributed by atoms with Crippen molar-refractivity contribution in [2.45, 2.75) is 0 Å². The van der Waals surface area contributed by atoms with Gasteiger partial charge in [-0.25, -0.2) is 0 Å². The topological polar surface area (TPSA) is 0 Å². The van der Waals surface area contributed by atoms with E-state index in [1.807, 2.05) is 41.8 Å². The van der Waals surface area contributed by atoms with Gasteiger partial charge in [-0.05, 0) is 17.5 Å². The summed E-state index contributed by atoms with van der Waals surface area (Å²) in [7, 11) is 0. The van der Waals surface area contributed by atoms with Crippen LogP contribution >= 0.6 is 11.3 Å². The molecule has 1 heteroatoms. The Kier molecular flexibility index (Phi) is 4.45. The SMILES string of the molecule is C=C/C=C/C=C/C#Cc1cccs1. The second-order valence-electron chi connectivity index (χ2n) is 2.23. The van der Waals surface area contributed by atoms with Gasteiger partial charge in [0.1, 0.15) is 0 Å². The smallest absolute Gasteiger partial charge is 0.0771 e. The first kappa shape index (κ1) is 9.57. The molecule has 0 atom stereocenters. The third-order valence-corrected chi connectivity index (χ3v) is 2.04. The quantitative estimate of drug-likeness (QED) is 0.490. The van der Waals surface area contributed by atoms with E-state index in [1.165, 1.54) is 0 Å². The average Bonchev–Trinajstić information content (AvgIpc) is 2.63. The number of hydrogen-bond donors (Lipinski definition) is 0. The molecule has 1 heterocycles. The van der Waals surface area contributed by atoms with Crippen LogP contribution in [0.1, 0.15) is 4.88 Å². The third-order valence-electron chi connectivity index (χ3n) is 1.25. The molecule has 0 spiro atoms. The van der Waals surface area contributed by atoms with Gasteiger partial charge in [0.2, 0.25) is 0 Å². The van der Waals surface area contributed by atoms with Crippen molar-refractivity contribution in [3.05, 3.63) is 59.3 Å². The molecule has 0 bridgehead atoms. The lowest BCUT2D eigenvalue weighted by molar-refractivity contribution is 1.91. The number of hydrogen-bond acceptors (Lipinski definition) is 1. The monoisotopic (exact) mass is 186 g/mol. The van der Waals surface area contributed by atoms with Crippen molar-refractivity contribution in [2.75, 3.05) is 0 Å². The molecule has 13 heavy (non-hydrogen) atoms. The Morgan fingerprint density at radius 3 is 2.92 bits per heavy atom. The van der Waals surface area contributed by atoms with Gasteiger partial charge in [0.05, 0.1) is 4.88 Å². The minimum atomic E-state index is 1.09. The second-order valence-corrected chi connectivity index (χ2v) is 3.17. The minimum Gasteiger partial charge on any atom is -0.135 e. The van der Waals surface area contributed by atoms with E-state index in [4.69, 9.17) is 0 Å². The first-order chi connectivity index (χ1) is 6.43. The molecule has 0 radical (unpaired) electrons. The molecule has 0 aliphatic rings. The molecule has 0 aliphatic heterocycles. The van der Waals surface area contributed by atoms with E-state index in [0.29, 0.717) is 0 Å². The summed E-state index contributed by atoms with van der Waals surface area (Å²) in [5.74, 6) is 5.96. The molecular formula is C12H10S. The second kappa shape index (κ2) is 6.05. The molecular weight excluding hydrogens is 176 g/mol. The molecule has 1 rings (SSSR count). The Morgan fingerprint density at radius 1 is 1.31 bits per heavy atom. The molecule has 64 valence electrons. The summed E-state index contributed by atoms with van der Waals surface area (Å²) in [5, 5.41) is 2.02. The van der Waals surface area contributed by atoms with Crippen LogP contribution in [0.4, 0.5) is 0 Å². The summed E-state index contributed by atoms with van der Waals surface area (Å²) in [6, 6.07) is 4.00. The fourth-order valence-electron chi connectivity index (χ4n) is 0.709. The lowest BCUT2D eigenvalue weighted by atomic mass is 10.4. The van der Waals surface area contributed by atoms with Gasteiger partial charge in [0.25, 0.3) is 0 Å². The Bertz CT molecular complexity index is 356. The number of allylic oxidation sites excluding steroid dienone is 5. The van der Waals surface area contributed by atoms with Crippen LogP contribution in [0.25, 0.3) is 0 Å². The maximum absolute atomic E-state index is 3.56. The fourth-order valence-corrected chi connectivity index (χ4v) is 1.29. The zero-order chi connectivity index (χ0) is 9.36. The largest absolute Gasteiger partial charge is 0.135 e. The molecule has 0 fully saturated rings. The van der Waals surface area contributed by atoms with Gasteiger partial charge in [-0.2, -0.15) is 0 Å². The predicted octanol–water partition coefficient (Wildman–Crippen LogP) is 3.40. The highest BCUT2D eigenvalue weighted by Gasteiger charge is 1.81. The molecule has 0 nitrogen and oxygen atoms in total. The molecule has 0 saturated carbocycles. The zero-order valence-corrected chi connectivity index (χ0v) is 8.05. The van der Waals surface area contributed by atoms with E-state index >= 15 is 0 Å². The molecule has 0 saturated heterocycles. The van der Waals surface area contributed by atoms with Crippen LogP contribution in [0.2, 0.25) is 0 Å². The van der Waals surface area contributed by atoms with Gasteiger partial charge in [-0.15, -0.1) is 11.3 Å². The Morgan fingerprint density at radius 2 is 2.23 bits per heavy atom. The molecule has 0 N–H and O–H groups in total. The van der Waals surface area contributed by atoms with E-state index in [1.54, 1.807) is 17.4 Å². The van der Waals surface area contributed by atoms with Crippen molar-refractivity contribution >= 4 is 11.3 Å². The highest BCUT2D eigenvalue weighted by Crippen LogP contribution is 2.05. The lowest BCUT2D eigenvalue weighted by Gasteiger charge is -1.72.